The molecule has 3 N–H and O–H groups in total. The van der Waals surface area contributed by atoms with Crippen molar-refractivity contribution >= 4 is 34.4 Å². The molecule has 0 fully saturated rings. The van der Waals surface area contributed by atoms with Gasteiger partial charge in [0.25, 0.3) is 0 Å². The average molecular weight is 341 g/mol. The van der Waals surface area contributed by atoms with Crippen LogP contribution in [0.1, 0.15) is 18.1 Å². The molecule has 1 aromatic heterocycles. The number of imidazole rings is 1. The van der Waals surface area contributed by atoms with Crippen molar-refractivity contribution in [3.05, 3.63) is 64.1 Å². The highest BCUT2D eigenvalue weighted by Crippen LogP contribution is 2.22. The minimum absolute atomic E-state index is 0.0502. The molecule has 3 rings (SSSR count). The predicted molar refractivity (Wildman–Crippen MR) is 99.5 cm³/mol. The molecule has 24 heavy (non-hydrogen) atoms. The van der Waals surface area contributed by atoms with E-state index in [1.165, 1.54) is 11.1 Å². The van der Waals surface area contributed by atoms with Crippen LogP contribution in [0.5, 0.6) is 0 Å². The number of amides is 1. The zero-order valence-electron chi connectivity index (χ0n) is 13.6. The minimum atomic E-state index is -0.254. The van der Waals surface area contributed by atoms with Crippen molar-refractivity contribution in [2.24, 2.45) is 0 Å². The van der Waals surface area contributed by atoms with Crippen LogP contribution in [-0.2, 0) is 10.5 Å². The number of hydrogen-bond acceptors (Lipinski definition) is 3. The van der Waals surface area contributed by atoms with Crippen LogP contribution >= 0.6 is 11.8 Å². The van der Waals surface area contributed by atoms with Gasteiger partial charge in [-0.3, -0.25) is 4.79 Å². The van der Waals surface area contributed by atoms with Gasteiger partial charge in [0.2, 0.25) is 5.91 Å². The summed E-state index contributed by atoms with van der Waals surface area (Å²) >= 11 is 1.60. The molecule has 0 spiro atoms. The van der Waals surface area contributed by atoms with E-state index in [9.17, 15) is 9.59 Å². The molecule has 3 aromatic rings. The molecule has 1 atom stereocenters. The number of nitrogens with one attached hydrogen (secondary N) is 3. The first kappa shape index (κ1) is 16.4. The van der Waals surface area contributed by atoms with Crippen LogP contribution in [0, 0.1) is 6.92 Å². The highest BCUT2D eigenvalue weighted by molar-refractivity contribution is 7.99. The van der Waals surface area contributed by atoms with Gasteiger partial charge in [0.05, 0.1) is 16.3 Å². The summed E-state index contributed by atoms with van der Waals surface area (Å²) in [7, 11) is 0. The Kier molecular flexibility index (Phi) is 4.76. The number of aryl methyl sites for hydroxylation is 1. The fraction of sp³-hybridized carbons (Fsp3) is 0.222. The van der Waals surface area contributed by atoms with Crippen molar-refractivity contribution in [2.45, 2.75) is 24.9 Å². The zero-order chi connectivity index (χ0) is 17.1. The number of rotatable bonds is 5. The Morgan fingerprint density at radius 1 is 1.17 bits per heavy atom. The number of aromatic amines is 2. The van der Waals surface area contributed by atoms with E-state index in [4.69, 9.17) is 0 Å². The third-order valence-electron chi connectivity index (χ3n) is 3.90. The van der Waals surface area contributed by atoms with Crippen molar-refractivity contribution in [2.75, 3.05) is 5.32 Å². The molecular weight excluding hydrogens is 322 g/mol. The summed E-state index contributed by atoms with van der Waals surface area (Å²) in [5, 5.41) is 2.72. The molecule has 124 valence electrons. The number of aromatic nitrogens is 2. The van der Waals surface area contributed by atoms with Gasteiger partial charge in [-0.25, -0.2) is 4.79 Å². The van der Waals surface area contributed by atoms with Crippen LogP contribution in [0.15, 0.2) is 47.3 Å². The number of thioether (sulfide) groups is 1. The van der Waals surface area contributed by atoms with Crippen LogP contribution in [0.4, 0.5) is 5.69 Å². The highest BCUT2D eigenvalue weighted by Gasteiger charge is 2.14. The van der Waals surface area contributed by atoms with E-state index in [1.54, 1.807) is 30.0 Å². The Bertz CT molecular complexity index is 929. The van der Waals surface area contributed by atoms with Crippen LogP contribution in [0.3, 0.4) is 0 Å². The molecule has 1 amide bonds. The molecule has 0 bridgehead atoms. The number of anilines is 1. The van der Waals surface area contributed by atoms with Gasteiger partial charge in [-0.05, 0) is 43.2 Å². The van der Waals surface area contributed by atoms with Crippen molar-refractivity contribution in [3.8, 4) is 0 Å². The summed E-state index contributed by atoms with van der Waals surface area (Å²) in [5.41, 5.74) is 4.30. The lowest BCUT2D eigenvalue weighted by Gasteiger charge is -2.13. The number of hydrogen-bond donors (Lipinski definition) is 3. The SMILES string of the molecule is Cc1ccccc1CS[C@@H](C)C(=O)Nc1ccc2[nH]c(=O)[nH]c2c1. The van der Waals surface area contributed by atoms with E-state index < -0.39 is 0 Å². The summed E-state index contributed by atoms with van der Waals surface area (Å²) in [6, 6.07) is 13.5. The number of benzene rings is 2. The summed E-state index contributed by atoms with van der Waals surface area (Å²) in [4.78, 5) is 29.0. The third kappa shape index (κ3) is 3.71. The second-order valence-corrected chi connectivity index (χ2v) is 7.04. The lowest BCUT2D eigenvalue weighted by atomic mass is 10.1. The first-order valence-electron chi connectivity index (χ1n) is 7.72. The normalized spacial score (nSPS) is 12.2. The van der Waals surface area contributed by atoms with Gasteiger partial charge in [0.15, 0.2) is 0 Å². The van der Waals surface area contributed by atoms with Crippen LogP contribution in [-0.4, -0.2) is 21.1 Å². The van der Waals surface area contributed by atoms with Gasteiger partial charge in [0.1, 0.15) is 0 Å². The number of fused-ring (bicyclic) bond motifs is 1. The molecule has 0 aliphatic rings. The van der Waals surface area contributed by atoms with E-state index in [0.717, 1.165) is 11.3 Å². The first-order chi connectivity index (χ1) is 11.5. The average Bonchev–Trinajstić information content (AvgIpc) is 2.93. The molecule has 1 heterocycles. The van der Waals surface area contributed by atoms with Gasteiger partial charge in [0, 0.05) is 11.4 Å². The number of carbonyl (C=O) groups is 1. The van der Waals surface area contributed by atoms with E-state index in [0.29, 0.717) is 11.2 Å². The predicted octanol–water partition coefficient (Wildman–Crippen LogP) is 3.43. The van der Waals surface area contributed by atoms with E-state index >= 15 is 0 Å². The third-order valence-corrected chi connectivity index (χ3v) is 5.09. The highest BCUT2D eigenvalue weighted by atomic mass is 32.2. The summed E-state index contributed by atoms with van der Waals surface area (Å²) in [6.45, 7) is 3.97. The minimum Gasteiger partial charge on any atom is -0.325 e. The number of carbonyl (C=O) groups excluding carboxylic acids is 1. The smallest absolute Gasteiger partial charge is 0.323 e. The van der Waals surface area contributed by atoms with E-state index in [-0.39, 0.29) is 16.8 Å². The maximum absolute atomic E-state index is 12.3. The zero-order valence-corrected chi connectivity index (χ0v) is 14.4. The van der Waals surface area contributed by atoms with Crippen LogP contribution in [0.2, 0.25) is 0 Å². The molecule has 0 aliphatic carbocycles. The van der Waals surface area contributed by atoms with Crippen LogP contribution < -0.4 is 11.0 Å². The molecule has 0 aliphatic heterocycles. The van der Waals surface area contributed by atoms with Crippen molar-refractivity contribution in [3.63, 3.8) is 0 Å². The van der Waals surface area contributed by atoms with Gasteiger partial charge in [-0.15, -0.1) is 11.8 Å². The van der Waals surface area contributed by atoms with Gasteiger partial charge in [-0.2, -0.15) is 0 Å². The van der Waals surface area contributed by atoms with Gasteiger partial charge >= 0.3 is 5.69 Å². The Labute approximate surface area is 143 Å². The fourth-order valence-corrected chi connectivity index (χ4v) is 3.38. The Morgan fingerprint density at radius 3 is 2.71 bits per heavy atom. The lowest BCUT2D eigenvalue weighted by molar-refractivity contribution is -0.115. The summed E-state index contributed by atoms with van der Waals surface area (Å²) in [6.07, 6.45) is 0. The number of H-pyrrole nitrogens is 2. The largest absolute Gasteiger partial charge is 0.325 e. The van der Waals surface area contributed by atoms with E-state index in [2.05, 4.69) is 34.3 Å². The second kappa shape index (κ2) is 6.97. The Morgan fingerprint density at radius 2 is 1.92 bits per heavy atom. The maximum Gasteiger partial charge on any atom is 0.323 e. The summed E-state index contributed by atoms with van der Waals surface area (Å²) < 4.78 is 0. The van der Waals surface area contributed by atoms with Crippen LogP contribution in [0.25, 0.3) is 11.0 Å². The molecule has 0 radical (unpaired) electrons. The molecular formula is C18H19N3O2S. The van der Waals surface area contributed by atoms with Crippen molar-refractivity contribution < 1.29 is 4.79 Å². The van der Waals surface area contributed by atoms with E-state index in [1.807, 2.05) is 19.1 Å². The Hall–Kier alpha value is -2.47. The Balaban J connectivity index is 1.62. The molecule has 2 aromatic carbocycles. The molecule has 0 unspecified atom stereocenters. The molecule has 0 saturated carbocycles. The lowest BCUT2D eigenvalue weighted by Crippen LogP contribution is -2.22. The van der Waals surface area contributed by atoms with Crippen molar-refractivity contribution in [1.82, 2.24) is 9.97 Å². The molecule has 5 nitrogen and oxygen atoms in total. The topological polar surface area (TPSA) is 77.8 Å². The second-order valence-electron chi connectivity index (χ2n) is 5.71. The van der Waals surface area contributed by atoms with Gasteiger partial charge < -0.3 is 15.3 Å². The molecule has 0 saturated heterocycles. The quantitative estimate of drug-likeness (QED) is 0.665. The summed E-state index contributed by atoms with van der Waals surface area (Å²) in [5.74, 6) is 0.747. The fourth-order valence-electron chi connectivity index (χ4n) is 2.42. The molecule has 6 heteroatoms. The maximum atomic E-state index is 12.3. The monoisotopic (exact) mass is 341 g/mol. The van der Waals surface area contributed by atoms with Gasteiger partial charge in [-0.1, -0.05) is 24.3 Å². The first-order valence-corrected chi connectivity index (χ1v) is 8.77. The standard InChI is InChI=1S/C18H19N3O2S/c1-11-5-3-4-6-13(11)10-24-12(2)17(22)19-14-7-8-15-16(9-14)21-18(23)20-15/h3-9,12H,10H2,1-2H3,(H,19,22)(H2,20,21,23)/t12-/m0/s1. The van der Waals surface area contributed by atoms with Crippen molar-refractivity contribution in [1.29, 1.82) is 0 Å².